The van der Waals surface area contributed by atoms with Gasteiger partial charge in [-0.1, -0.05) is 26.7 Å². The van der Waals surface area contributed by atoms with E-state index in [-0.39, 0.29) is 23.5 Å². The van der Waals surface area contributed by atoms with Crippen molar-refractivity contribution in [1.82, 2.24) is 5.32 Å². The number of amides is 1. The highest BCUT2D eigenvalue weighted by Crippen LogP contribution is 2.49. The van der Waals surface area contributed by atoms with Gasteiger partial charge in [0.15, 0.2) is 0 Å². The number of nitrogens with one attached hydrogen (secondary N) is 1. The quantitative estimate of drug-likeness (QED) is 0.719. The van der Waals surface area contributed by atoms with Gasteiger partial charge in [0.05, 0.1) is 12.1 Å². The molecule has 1 saturated carbocycles. The summed E-state index contributed by atoms with van der Waals surface area (Å²) in [6.45, 7) is 8.44. The van der Waals surface area contributed by atoms with E-state index in [0.29, 0.717) is 19.4 Å². The van der Waals surface area contributed by atoms with E-state index < -0.39 is 5.54 Å². The zero-order chi connectivity index (χ0) is 14.0. The highest BCUT2D eigenvalue weighted by molar-refractivity contribution is 5.89. The van der Waals surface area contributed by atoms with Gasteiger partial charge in [-0.2, -0.15) is 0 Å². The minimum Gasteiger partial charge on any atom is -0.378 e. The molecular weight excluding hydrogens is 228 g/mol. The summed E-state index contributed by atoms with van der Waals surface area (Å²) < 4.78 is 5.60. The van der Waals surface area contributed by atoms with Crippen molar-refractivity contribution in [3.8, 4) is 12.3 Å². The van der Waals surface area contributed by atoms with Crippen LogP contribution in [0.3, 0.4) is 0 Å². The second-order valence-electron chi connectivity index (χ2n) is 5.44. The minimum absolute atomic E-state index is 0.0316. The van der Waals surface area contributed by atoms with E-state index in [1.54, 1.807) is 0 Å². The van der Waals surface area contributed by atoms with Gasteiger partial charge in [-0.15, -0.1) is 6.42 Å². The Bertz CT molecular complexity index is 359. The Morgan fingerprint density at radius 1 is 1.61 bits per heavy atom. The zero-order valence-corrected chi connectivity index (χ0v) is 11.7. The second kappa shape index (κ2) is 5.29. The lowest BCUT2D eigenvalue weighted by Crippen LogP contribution is -2.76. The van der Waals surface area contributed by atoms with Crippen molar-refractivity contribution in [2.75, 3.05) is 6.61 Å². The monoisotopic (exact) mass is 252 g/mol. The van der Waals surface area contributed by atoms with Gasteiger partial charge in [0, 0.05) is 18.4 Å². The molecule has 0 radical (unpaired) electrons. The number of hydrogen-bond acceptors (Lipinski definition) is 3. The van der Waals surface area contributed by atoms with E-state index in [2.05, 4.69) is 11.2 Å². The maximum atomic E-state index is 12.3. The molecule has 1 aliphatic rings. The summed E-state index contributed by atoms with van der Waals surface area (Å²) >= 11 is 0. The highest BCUT2D eigenvalue weighted by atomic mass is 16.5. The predicted molar refractivity (Wildman–Crippen MR) is 71.8 cm³/mol. The first kappa shape index (κ1) is 15.0. The SMILES string of the molecule is C#CC(CC)NC(=O)C1(N)CC(OCC)C1(C)C. The Balaban J connectivity index is 2.72. The summed E-state index contributed by atoms with van der Waals surface area (Å²) in [4.78, 5) is 12.3. The van der Waals surface area contributed by atoms with Gasteiger partial charge in [-0.05, 0) is 13.3 Å². The molecule has 0 spiro atoms. The van der Waals surface area contributed by atoms with Crippen molar-refractivity contribution in [2.45, 2.75) is 58.2 Å². The van der Waals surface area contributed by atoms with Crippen molar-refractivity contribution in [3.05, 3.63) is 0 Å². The van der Waals surface area contributed by atoms with E-state index in [4.69, 9.17) is 16.9 Å². The third-order valence-electron chi connectivity index (χ3n) is 4.15. The van der Waals surface area contributed by atoms with Crippen molar-refractivity contribution in [3.63, 3.8) is 0 Å². The van der Waals surface area contributed by atoms with Crippen LogP contribution in [0.4, 0.5) is 0 Å². The number of carbonyl (C=O) groups is 1. The molecule has 0 bridgehead atoms. The first-order chi connectivity index (χ1) is 8.33. The molecular formula is C14H24N2O2. The van der Waals surface area contributed by atoms with Crippen LogP contribution in [0.15, 0.2) is 0 Å². The molecule has 3 N–H and O–H groups in total. The third kappa shape index (κ3) is 2.25. The summed E-state index contributed by atoms with van der Waals surface area (Å²) in [6, 6.07) is -0.250. The molecule has 102 valence electrons. The lowest BCUT2D eigenvalue weighted by atomic mass is 9.54. The van der Waals surface area contributed by atoms with Gasteiger partial charge in [0.2, 0.25) is 5.91 Å². The Hall–Kier alpha value is -1.05. The Kier molecular flexibility index (Phi) is 4.41. The molecule has 0 heterocycles. The van der Waals surface area contributed by atoms with Crippen LogP contribution in [0.5, 0.6) is 0 Å². The van der Waals surface area contributed by atoms with Gasteiger partial charge < -0.3 is 15.8 Å². The third-order valence-corrected chi connectivity index (χ3v) is 4.15. The van der Waals surface area contributed by atoms with Crippen LogP contribution in [0.2, 0.25) is 0 Å². The molecule has 18 heavy (non-hydrogen) atoms. The summed E-state index contributed by atoms with van der Waals surface area (Å²) in [6.07, 6.45) is 6.62. The summed E-state index contributed by atoms with van der Waals surface area (Å²) in [5.74, 6) is 2.37. The predicted octanol–water partition coefficient (Wildman–Crippen LogP) is 1.05. The highest BCUT2D eigenvalue weighted by Gasteiger charge is 2.62. The Labute approximate surface area is 110 Å². The normalized spacial score (nSPS) is 31.0. The maximum Gasteiger partial charge on any atom is 0.241 e. The largest absolute Gasteiger partial charge is 0.378 e. The van der Waals surface area contributed by atoms with E-state index in [9.17, 15) is 4.79 Å². The molecule has 1 aliphatic carbocycles. The van der Waals surface area contributed by atoms with Gasteiger partial charge in [-0.3, -0.25) is 4.79 Å². The smallest absolute Gasteiger partial charge is 0.241 e. The number of carbonyl (C=O) groups excluding carboxylic acids is 1. The topological polar surface area (TPSA) is 64.4 Å². The number of nitrogens with two attached hydrogens (primary N) is 1. The fraction of sp³-hybridized carbons (Fsp3) is 0.786. The maximum absolute atomic E-state index is 12.3. The summed E-state index contributed by atoms with van der Waals surface area (Å²) in [5.41, 5.74) is 4.98. The zero-order valence-electron chi connectivity index (χ0n) is 11.7. The van der Waals surface area contributed by atoms with Crippen LogP contribution < -0.4 is 11.1 Å². The molecule has 4 nitrogen and oxygen atoms in total. The van der Waals surface area contributed by atoms with Gasteiger partial charge in [0.25, 0.3) is 0 Å². The van der Waals surface area contributed by atoms with Crippen molar-refractivity contribution in [2.24, 2.45) is 11.1 Å². The molecule has 4 heteroatoms. The molecule has 1 fully saturated rings. The van der Waals surface area contributed by atoms with Crippen LogP contribution in [0.25, 0.3) is 0 Å². The summed E-state index contributed by atoms with van der Waals surface area (Å²) in [5, 5.41) is 2.82. The van der Waals surface area contributed by atoms with Crippen LogP contribution in [0, 0.1) is 17.8 Å². The van der Waals surface area contributed by atoms with Crippen LogP contribution in [-0.2, 0) is 9.53 Å². The standard InChI is InChI=1S/C14H24N2O2/c1-6-10(7-2)16-12(17)14(15)9-11(18-8-3)13(14,4)5/h1,10-11H,7-9,15H2,2-5H3,(H,16,17). The minimum atomic E-state index is -0.892. The molecule has 1 amide bonds. The average molecular weight is 252 g/mol. The van der Waals surface area contributed by atoms with Crippen molar-refractivity contribution in [1.29, 1.82) is 0 Å². The lowest BCUT2D eigenvalue weighted by molar-refractivity contribution is -0.170. The first-order valence-corrected chi connectivity index (χ1v) is 6.51. The van der Waals surface area contributed by atoms with Gasteiger partial charge >= 0.3 is 0 Å². The lowest BCUT2D eigenvalue weighted by Gasteiger charge is -2.57. The average Bonchev–Trinajstić information content (AvgIpc) is 2.34. The number of ether oxygens (including phenoxy) is 1. The molecule has 3 atom stereocenters. The molecule has 3 unspecified atom stereocenters. The molecule has 1 rings (SSSR count). The van der Waals surface area contributed by atoms with E-state index >= 15 is 0 Å². The number of terminal acetylenes is 1. The Morgan fingerprint density at radius 2 is 2.22 bits per heavy atom. The van der Waals surface area contributed by atoms with Gasteiger partial charge in [0.1, 0.15) is 5.54 Å². The second-order valence-corrected chi connectivity index (χ2v) is 5.44. The van der Waals surface area contributed by atoms with Crippen LogP contribution >= 0.6 is 0 Å². The van der Waals surface area contributed by atoms with E-state index in [1.165, 1.54) is 0 Å². The fourth-order valence-electron chi connectivity index (χ4n) is 2.37. The molecule has 0 saturated heterocycles. The molecule has 0 aromatic rings. The first-order valence-electron chi connectivity index (χ1n) is 6.51. The fourth-order valence-corrected chi connectivity index (χ4v) is 2.37. The number of hydrogen-bond donors (Lipinski definition) is 2. The molecule has 0 aromatic carbocycles. The van der Waals surface area contributed by atoms with Crippen molar-refractivity contribution < 1.29 is 9.53 Å². The van der Waals surface area contributed by atoms with Gasteiger partial charge in [-0.25, -0.2) is 0 Å². The van der Waals surface area contributed by atoms with Crippen LogP contribution in [0.1, 0.15) is 40.5 Å². The van der Waals surface area contributed by atoms with E-state index in [0.717, 1.165) is 0 Å². The molecule has 0 aliphatic heterocycles. The van der Waals surface area contributed by atoms with E-state index in [1.807, 2.05) is 27.7 Å². The summed E-state index contributed by atoms with van der Waals surface area (Å²) in [7, 11) is 0. The number of rotatable bonds is 5. The molecule has 0 aromatic heterocycles. The Morgan fingerprint density at radius 3 is 2.61 bits per heavy atom. The van der Waals surface area contributed by atoms with Crippen molar-refractivity contribution >= 4 is 5.91 Å². The van der Waals surface area contributed by atoms with Crippen LogP contribution in [-0.4, -0.2) is 30.2 Å².